The second kappa shape index (κ2) is 7.38. The van der Waals surface area contributed by atoms with Crippen LogP contribution in [0.3, 0.4) is 0 Å². The molecule has 0 saturated heterocycles. The first kappa shape index (κ1) is 18.1. The summed E-state index contributed by atoms with van der Waals surface area (Å²) in [6, 6.07) is 0. The van der Waals surface area contributed by atoms with Gasteiger partial charge in [-0.1, -0.05) is 45.2 Å². The number of hydrogen-bond donors (Lipinski definition) is 0. The summed E-state index contributed by atoms with van der Waals surface area (Å²) in [4.78, 5) is 23.3. The van der Waals surface area contributed by atoms with Crippen molar-refractivity contribution < 1.29 is 23.8 Å². The van der Waals surface area contributed by atoms with Crippen LogP contribution in [0.15, 0.2) is 10.1 Å². The molecule has 1 unspecified atom stereocenters. The van der Waals surface area contributed by atoms with E-state index < -0.39 is 27.6 Å². The summed E-state index contributed by atoms with van der Waals surface area (Å²) in [6.45, 7) is 3.24. The first-order valence-electron chi connectivity index (χ1n) is 5.94. The van der Waals surface area contributed by atoms with Gasteiger partial charge >= 0.3 is 11.9 Å². The Morgan fingerprint density at radius 2 is 2.05 bits per heavy atom. The monoisotopic (exact) mass is 476 g/mol. The van der Waals surface area contributed by atoms with Gasteiger partial charge in [0, 0.05) is 14.0 Å². The third-order valence-corrected chi connectivity index (χ3v) is 4.96. The van der Waals surface area contributed by atoms with E-state index in [4.69, 9.17) is 14.2 Å². The fourth-order valence-corrected chi connectivity index (χ4v) is 4.39. The van der Waals surface area contributed by atoms with Crippen molar-refractivity contribution in [2.24, 2.45) is 0 Å². The van der Waals surface area contributed by atoms with Crippen LogP contribution in [-0.2, 0) is 23.8 Å². The third kappa shape index (κ3) is 3.45. The summed E-state index contributed by atoms with van der Waals surface area (Å²) in [5, 5.41) is 0. The molecule has 114 valence electrons. The van der Waals surface area contributed by atoms with E-state index in [2.05, 4.69) is 47.8 Å². The summed E-state index contributed by atoms with van der Waals surface area (Å²) in [5.74, 6) is -2.33. The van der Waals surface area contributed by atoms with Gasteiger partial charge in [-0.25, -0.2) is 4.79 Å². The number of cyclic esters (lactones) is 1. The number of esters is 2. The first-order valence-corrected chi connectivity index (χ1v) is 8.56. The summed E-state index contributed by atoms with van der Waals surface area (Å²) >= 11 is 9.94. The maximum atomic E-state index is 12.1. The van der Waals surface area contributed by atoms with Gasteiger partial charge in [0.2, 0.25) is 0 Å². The van der Waals surface area contributed by atoms with Crippen LogP contribution in [0.4, 0.5) is 0 Å². The highest BCUT2D eigenvalue weighted by molar-refractivity contribution is 9.24. The van der Waals surface area contributed by atoms with Crippen LogP contribution in [0.25, 0.3) is 0 Å². The lowest BCUT2D eigenvalue weighted by Crippen LogP contribution is -2.39. The van der Waals surface area contributed by atoms with Gasteiger partial charge < -0.3 is 14.2 Å². The van der Waals surface area contributed by atoms with Crippen LogP contribution in [0.5, 0.6) is 0 Å². The second-order valence-electron chi connectivity index (χ2n) is 4.18. The Kier molecular flexibility index (Phi) is 6.69. The normalized spacial score (nSPS) is 24.1. The average Bonchev–Trinajstić information content (AvgIpc) is 2.60. The second-order valence-corrected chi connectivity index (χ2v) is 8.03. The van der Waals surface area contributed by atoms with E-state index in [1.807, 2.05) is 6.92 Å². The van der Waals surface area contributed by atoms with Crippen molar-refractivity contribution in [1.29, 1.82) is 0 Å². The zero-order chi connectivity index (χ0) is 15.5. The molecular weight excluding hydrogens is 464 g/mol. The van der Waals surface area contributed by atoms with E-state index in [0.29, 0.717) is 10.9 Å². The molecule has 0 fully saturated rings. The molecule has 0 aromatic carbocycles. The number of hydrogen-bond acceptors (Lipinski definition) is 5. The van der Waals surface area contributed by atoms with Crippen LogP contribution in [0.2, 0.25) is 0 Å². The van der Waals surface area contributed by atoms with Gasteiger partial charge in [-0.2, -0.15) is 0 Å². The van der Waals surface area contributed by atoms with Gasteiger partial charge in [0.05, 0.1) is 10.1 Å². The largest absolute Gasteiger partial charge is 0.457 e. The minimum atomic E-state index is -1.31. The maximum absolute atomic E-state index is 12.1. The highest BCUT2D eigenvalue weighted by atomic mass is 79.9. The molecule has 20 heavy (non-hydrogen) atoms. The van der Waals surface area contributed by atoms with Crippen LogP contribution >= 0.6 is 47.8 Å². The van der Waals surface area contributed by atoms with Crippen LogP contribution in [0.1, 0.15) is 26.7 Å². The Hall–Kier alpha value is 0.0800. The summed E-state index contributed by atoms with van der Waals surface area (Å²) in [6.07, 6.45) is 0.616. The molecule has 0 N–H and O–H groups in total. The molecule has 0 aliphatic carbocycles. The molecular formula is C12H15Br3O5. The molecule has 0 radical (unpaired) electrons. The van der Waals surface area contributed by atoms with Crippen LogP contribution in [0, 0.1) is 0 Å². The highest BCUT2D eigenvalue weighted by Gasteiger charge is 2.53. The molecule has 0 aromatic rings. The lowest BCUT2D eigenvalue weighted by Gasteiger charge is -2.28. The van der Waals surface area contributed by atoms with E-state index in [9.17, 15) is 9.59 Å². The fourth-order valence-electron chi connectivity index (χ4n) is 1.87. The number of halogens is 3. The fraction of sp³-hybridized carbons (Fsp3) is 0.667. The minimum Gasteiger partial charge on any atom is -0.457 e. The number of rotatable bonds is 6. The Bertz CT molecular complexity index is 435. The van der Waals surface area contributed by atoms with Gasteiger partial charge in [-0.05, 0) is 22.4 Å². The van der Waals surface area contributed by atoms with Crippen molar-refractivity contribution in [3.05, 3.63) is 10.1 Å². The van der Waals surface area contributed by atoms with E-state index in [-0.39, 0.29) is 5.57 Å². The van der Waals surface area contributed by atoms with Crippen molar-refractivity contribution in [2.45, 2.75) is 42.3 Å². The smallest absolute Gasteiger partial charge is 0.341 e. The zero-order valence-electron chi connectivity index (χ0n) is 11.2. The topological polar surface area (TPSA) is 61.8 Å². The Morgan fingerprint density at radius 1 is 1.45 bits per heavy atom. The number of alkyl halides is 2. The molecule has 0 spiro atoms. The van der Waals surface area contributed by atoms with Crippen molar-refractivity contribution in [2.75, 3.05) is 7.11 Å². The van der Waals surface area contributed by atoms with Crippen molar-refractivity contribution in [3.8, 4) is 0 Å². The lowest BCUT2D eigenvalue weighted by atomic mass is 10.0. The van der Waals surface area contributed by atoms with Crippen molar-refractivity contribution in [1.82, 2.24) is 0 Å². The Balaban J connectivity index is 3.23. The highest BCUT2D eigenvalue weighted by Crippen LogP contribution is 2.46. The van der Waals surface area contributed by atoms with Crippen LogP contribution in [-0.4, -0.2) is 34.7 Å². The Labute approximate surface area is 142 Å². The number of carbonyl (C=O) groups is 2. The van der Waals surface area contributed by atoms with Gasteiger partial charge in [0.25, 0.3) is 5.79 Å². The average molecular weight is 479 g/mol. The van der Waals surface area contributed by atoms with E-state index in [1.54, 1.807) is 0 Å². The predicted molar refractivity (Wildman–Crippen MR) is 83.9 cm³/mol. The molecule has 1 aliphatic rings. The standard InChI is InChI=1S/C12H15Br3O5/c1-4-5-7(19-6(2)16)8-9(13)12(18-3,11(14)15)20-10(8)17/h7,11H,4-5H2,1-3H3/t7?,12-/m1/s1. The maximum Gasteiger partial charge on any atom is 0.341 e. The first-order chi connectivity index (χ1) is 9.30. The molecule has 0 bridgehead atoms. The molecule has 5 nitrogen and oxygen atoms in total. The van der Waals surface area contributed by atoms with E-state index in [1.165, 1.54) is 14.0 Å². The molecule has 0 amide bonds. The molecule has 8 heteroatoms. The summed E-state index contributed by atoms with van der Waals surface area (Å²) in [7, 11) is 1.42. The molecule has 1 aliphatic heterocycles. The number of ether oxygens (including phenoxy) is 3. The number of methoxy groups -OCH3 is 1. The molecule has 0 aromatic heterocycles. The van der Waals surface area contributed by atoms with Gasteiger partial charge in [-0.15, -0.1) is 0 Å². The van der Waals surface area contributed by atoms with Gasteiger partial charge in [0.15, 0.2) is 0 Å². The van der Waals surface area contributed by atoms with E-state index >= 15 is 0 Å². The zero-order valence-corrected chi connectivity index (χ0v) is 16.0. The molecule has 2 atom stereocenters. The molecule has 1 rings (SSSR count). The SMILES string of the molecule is CCCC(OC(C)=O)C1=C(Br)[C@](OC)(C(Br)Br)OC1=O. The predicted octanol–water partition coefficient (Wildman–Crippen LogP) is 3.38. The lowest BCUT2D eigenvalue weighted by molar-refractivity contribution is -0.183. The number of carbonyl (C=O) groups excluding carboxylic acids is 2. The van der Waals surface area contributed by atoms with Crippen molar-refractivity contribution in [3.63, 3.8) is 0 Å². The van der Waals surface area contributed by atoms with Crippen LogP contribution < -0.4 is 0 Å². The van der Waals surface area contributed by atoms with E-state index in [0.717, 1.165) is 6.42 Å². The Morgan fingerprint density at radius 3 is 2.40 bits per heavy atom. The third-order valence-electron chi connectivity index (χ3n) is 2.78. The summed E-state index contributed by atoms with van der Waals surface area (Å²) < 4.78 is 15.8. The quantitative estimate of drug-likeness (QED) is 0.432. The van der Waals surface area contributed by atoms with Gasteiger partial charge in [-0.3, -0.25) is 4.79 Å². The molecule has 1 heterocycles. The minimum absolute atomic E-state index is 0.271. The van der Waals surface area contributed by atoms with Gasteiger partial charge in [0.1, 0.15) is 9.84 Å². The van der Waals surface area contributed by atoms with Crippen molar-refractivity contribution >= 4 is 59.7 Å². The summed E-state index contributed by atoms with van der Waals surface area (Å²) in [5.41, 5.74) is 0.271. The molecule has 0 saturated carbocycles.